The molecule has 1 aliphatic heterocycles. The predicted octanol–water partition coefficient (Wildman–Crippen LogP) is -0.756. The average Bonchev–Trinajstić information content (AvgIpc) is 2.60. The predicted molar refractivity (Wildman–Crippen MR) is 88.0 cm³/mol. The van der Waals surface area contributed by atoms with Gasteiger partial charge in [-0.15, -0.1) is 0 Å². The van der Waals surface area contributed by atoms with Gasteiger partial charge < -0.3 is 19.9 Å². The van der Waals surface area contributed by atoms with E-state index < -0.39 is 6.03 Å². The molecule has 126 valence electrons. The number of piperazine rings is 1. The fourth-order valence-electron chi connectivity index (χ4n) is 2.83. The highest BCUT2D eigenvalue weighted by Gasteiger charge is 2.30. The summed E-state index contributed by atoms with van der Waals surface area (Å²) in [5, 5.41) is 4.74. The molecule has 0 spiro atoms. The van der Waals surface area contributed by atoms with Crippen LogP contribution in [-0.2, 0) is 4.79 Å². The first kappa shape index (κ1) is 17.1. The van der Waals surface area contributed by atoms with Gasteiger partial charge in [0, 0.05) is 7.05 Å². The number of methoxy groups -OCH3 is 1. The van der Waals surface area contributed by atoms with Gasteiger partial charge in [-0.2, -0.15) is 0 Å². The van der Waals surface area contributed by atoms with Gasteiger partial charge in [-0.3, -0.25) is 10.1 Å². The lowest BCUT2D eigenvalue weighted by Gasteiger charge is -2.36. The van der Waals surface area contributed by atoms with E-state index in [1.165, 1.54) is 11.9 Å². The fraction of sp³-hybridized carbons (Fsp3) is 0.500. The van der Waals surface area contributed by atoms with Crippen LogP contribution >= 0.6 is 0 Å². The van der Waals surface area contributed by atoms with E-state index in [4.69, 9.17) is 4.74 Å². The van der Waals surface area contributed by atoms with Gasteiger partial charge >= 0.3 is 6.03 Å². The zero-order valence-electron chi connectivity index (χ0n) is 13.9. The summed E-state index contributed by atoms with van der Waals surface area (Å²) in [4.78, 5) is 26.7. The minimum Gasteiger partial charge on any atom is -0.495 e. The van der Waals surface area contributed by atoms with E-state index in [2.05, 4.69) is 15.5 Å². The number of amides is 3. The Kier molecular flexibility index (Phi) is 5.81. The zero-order chi connectivity index (χ0) is 16.8. The number of hydrogen-bond donors (Lipinski definition) is 3. The summed E-state index contributed by atoms with van der Waals surface area (Å²) in [5.74, 6) is 0.617. The lowest BCUT2D eigenvalue weighted by atomic mass is 10.2. The van der Waals surface area contributed by atoms with Crippen LogP contribution in [0, 0.1) is 0 Å². The summed E-state index contributed by atoms with van der Waals surface area (Å²) in [5.41, 5.74) is 1.08. The maximum absolute atomic E-state index is 12.0. The van der Waals surface area contributed by atoms with Gasteiger partial charge in [0.05, 0.1) is 39.0 Å². The lowest BCUT2D eigenvalue weighted by Crippen LogP contribution is -3.19. The molecular formula is C16H25N4O3+. The molecule has 1 atom stereocenters. The van der Waals surface area contributed by atoms with Crippen LogP contribution < -0.4 is 25.2 Å². The summed E-state index contributed by atoms with van der Waals surface area (Å²) in [6.07, 6.45) is 0. The second-order valence-electron chi connectivity index (χ2n) is 5.61. The van der Waals surface area contributed by atoms with Crippen LogP contribution in [0.1, 0.15) is 6.92 Å². The molecule has 0 aromatic heterocycles. The number of anilines is 1. The molecule has 3 amide bonds. The molecule has 1 aliphatic rings. The van der Waals surface area contributed by atoms with Gasteiger partial charge in [0.15, 0.2) is 6.04 Å². The van der Waals surface area contributed by atoms with E-state index >= 15 is 0 Å². The molecule has 0 bridgehead atoms. The van der Waals surface area contributed by atoms with Crippen LogP contribution in [0.2, 0.25) is 0 Å². The molecular weight excluding hydrogens is 296 g/mol. The Morgan fingerprint density at radius 3 is 2.52 bits per heavy atom. The number of nitrogens with one attached hydrogen (secondary N) is 3. The molecule has 1 heterocycles. The highest BCUT2D eigenvalue weighted by molar-refractivity contribution is 5.96. The van der Waals surface area contributed by atoms with Gasteiger partial charge in [0.1, 0.15) is 5.75 Å². The molecule has 7 heteroatoms. The summed E-state index contributed by atoms with van der Waals surface area (Å²) >= 11 is 0. The quantitative estimate of drug-likeness (QED) is 0.682. The van der Waals surface area contributed by atoms with Crippen LogP contribution in [0.3, 0.4) is 0 Å². The largest absolute Gasteiger partial charge is 0.495 e. The van der Waals surface area contributed by atoms with Crippen molar-refractivity contribution >= 4 is 17.6 Å². The number of imide groups is 1. The van der Waals surface area contributed by atoms with E-state index in [1.54, 1.807) is 7.11 Å². The first-order chi connectivity index (χ1) is 11.1. The molecule has 0 unspecified atom stereocenters. The summed E-state index contributed by atoms with van der Waals surface area (Å²) < 4.78 is 5.41. The topological polar surface area (TPSA) is 75.1 Å². The molecule has 7 nitrogen and oxygen atoms in total. The van der Waals surface area contributed by atoms with E-state index in [-0.39, 0.29) is 11.9 Å². The van der Waals surface area contributed by atoms with Crippen molar-refractivity contribution in [3.63, 3.8) is 0 Å². The van der Waals surface area contributed by atoms with Crippen LogP contribution in [0.25, 0.3) is 0 Å². The second-order valence-corrected chi connectivity index (χ2v) is 5.61. The van der Waals surface area contributed by atoms with Gasteiger partial charge in [-0.1, -0.05) is 12.1 Å². The number of nitrogens with zero attached hydrogens (tertiary/aromatic N) is 1. The van der Waals surface area contributed by atoms with Crippen LogP contribution in [0.5, 0.6) is 5.75 Å². The second kappa shape index (κ2) is 7.82. The van der Waals surface area contributed by atoms with Crippen molar-refractivity contribution in [1.82, 2.24) is 10.6 Å². The van der Waals surface area contributed by atoms with Crippen molar-refractivity contribution in [2.24, 2.45) is 0 Å². The molecule has 1 saturated heterocycles. The molecule has 23 heavy (non-hydrogen) atoms. The Labute approximate surface area is 136 Å². The lowest BCUT2D eigenvalue weighted by molar-refractivity contribution is -0.914. The third kappa shape index (κ3) is 4.13. The molecule has 1 fully saturated rings. The normalized spacial score (nSPS) is 16.6. The van der Waals surface area contributed by atoms with Crippen LogP contribution in [0.15, 0.2) is 24.3 Å². The number of hydrogen-bond acceptors (Lipinski definition) is 4. The van der Waals surface area contributed by atoms with Crippen molar-refractivity contribution in [3.05, 3.63) is 24.3 Å². The number of quaternary nitrogens is 1. The third-order valence-corrected chi connectivity index (χ3v) is 4.30. The van der Waals surface area contributed by atoms with Crippen LogP contribution in [-0.4, -0.2) is 58.3 Å². The van der Waals surface area contributed by atoms with Crippen molar-refractivity contribution in [1.29, 1.82) is 0 Å². The Balaban J connectivity index is 1.93. The zero-order valence-corrected chi connectivity index (χ0v) is 13.9. The van der Waals surface area contributed by atoms with Crippen molar-refractivity contribution < 1.29 is 19.2 Å². The minimum absolute atomic E-state index is 0.245. The number of benzene rings is 1. The maximum atomic E-state index is 12.0. The van der Waals surface area contributed by atoms with Gasteiger partial charge in [0.25, 0.3) is 5.91 Å². The summed E-state index contributed by atoms with van der Waals surface area (Å²) in [7, 11) is 3.16. The number of ether oxygens (including phenoxy) is 1. The number of para-hydroxylation sites is 2. The molecule has 0 aliphatic carbocycles. The molecule has 1 aromatic rings. The standard InChI is InChI=1S/C16H24N4O3/c1-12(15(21)18-16(22)17-2)19-8-10-20(11-9-19)13-6-4-5-7-14(13)23-3/h4-7,12H,8-11H2,1-3H3,(H2,17,18,21,22)/p+1/t12-/m0/s1. The maximum Gasteiger partial charge on any atom is 0.321 e. The minimum atomic E-state index is -0.464. The van der Waals surface area contributed by atoms with Crippen molar-refractivity contribution in [2.75, 3.05) is 45.2 Å². The van der Waals surface area contributed by atoms with E-state index in [9.17, 15) is 9.59 Å². The smallest absolute Gasteiger partial charge is 0.321 e. The number of urea groups is 1. The van der Waals surface area contributed by atoms with Crippen molar-refractivity contribution in [3.8, 4) is 5.75 Å². The van der Waals surface area contributed by atoms with E-state index in [0.29, 0.717) is 0 Å². The van der Waals surface area contributed by atoms with E-state index in [0.717, 1.165) is 37.6 Å². The Bertz CT molecular complexity index is 556. The number of carbonyl (C=O) groups excluding carboxylic acids is 2. The molecule has 0 radical (unpaired) electrons. The first-order valence-electron chi connectivity index (χ1n) is 7.82. The molecule has 0 saturated carbocycles. The fourth-order valence-corrected chi connectivity index (χ4v) is 2.83. The summed E-state index contributed by atoms with van der Waals surface area (Å²) in [6.45, 7) is 5.20. The number of carbonyl (C=O) groups is 2. The molecule has 2 rings (SSSR count). The molecule has 1 aromatic carbocycles. The van der Waals surface area contributed by atoms with Gasteiger partial charge in [0.2, 0.25) is 0 Å². The highest BCUT2D eigenvalue weighted by Crippen LogP contribution is 2.27. The average molecular weight is 321 g/mol. The number of rotatable bonds is 4. The van der Waals surface area contributed by atoms with Crippen LogP contribution in [0.4, 0.5) is 10.5 Å². The van der Waals surface area contributed by atoms with Gasteiger partial charge in [-0.25, -0.2) is 4.79 Å². The van der Waals surface area contributed by atoms with Gasteiger partial charge in [-0.05, 0) is 19.1 Å². The molecule has 3 N–H and O–H groups in total. The Morgan fingerprint density at radius 2 is 1.91 bits per heavy atom. The highest BCUT2D eigenvalue weighted by atomic mass is 16.5. The van der Waals surface area contributed by atoms with E-state index in [1.807, 2.05) is 31.2 Å². The monoisotopic (exact) mass is 321 g/mol. The third-order valence-electron chi connectivity index (χ3n) is 4.30. The Morgan fingerprint density at radius 1 is 1.26 bits per heavy atom. The van der Waals surface area contributed by atoms with Crippen molar-refractivity contribution in [2.45, 2.75) is 13.0 Å². The first-order valence-corrected chi connectivity index (χ1v) is 7.82. The summed E-state index contributed by atoms with van der Waals surface area (Å²) in [6, 6.07) is 7.23. The SMILES string of the molecule is CNC(=O)NC(=O)[C@H](C)[NH+]1CCN(c2ccccc2OC)CC1. The Hall–Kier alpha value is -2.28.